The summed E-state index contributed by atoms with van der Waals surface area (Å²) in [5, 5.41) is 9.01. The fourth-order valence-corrected chi connectivity index (χ4v) is 3.74. The molecule has 0 bridgehead atoms. The Hall–Kier alpha value is -2.69. The Labute approximate surface area is 147 Å². The second-order valence-electron chi connectivity index (χ2n) is 5.11. The summed E-state index contributed by atoms with van der Waals surface area (Å²) in [5.41, 5.74) is 0.447. The molecule has 0 amide bonds. The first kappa shape index (κ1) is 18.6. The number of hydrogen-bond donors (Lipinski definition) is 0. The molecule has 0 aliphatic carbocycles. The predicted molar refractivity (Wildman–Crippen MR) is 92.7 cm³/mol. The van der Waals surface area contributed by atoms with Gasteiger partial charge in [-0.25, -0.2) is 13.2 Å². The van der Waals surface area contributed by atoms with Crippen LogP contribution in [0.2, 0.25) is 0 Å². The second kappa shape index (κ2) is 7.92. The van der Waals surface area contributed by atoms with Crippen LogP contribution < -0.4 is 4.74 Å². The van der Waals surface area contributed by atoms with Gasteiger partial charge < -0.3 is 4.74 Å². The van der Waals surface area contributed by atoms with Crippen LogP contribution in [0.15, 0.2) is 53.4 Å². The fraction of sp³-hybridized carbons (Fsp3) is 0.222. The molecule has 2 aromatic carbocycles. The van der Waals surface area contributed by atoms with Crippen LogP contribution in [0.25, 0.3) is 0 Å². The van der Waals surface area contributed by atoms with E-state index in [-0.39, 0.29) is 21.8 Å². The number of esters is 1. The molecule has 0 unspecified atom stereocenters. The molecule has 2 aromatic rings. The van der Waals surface area contributed by atoms with E-state index in [0.29, 0.717) is 13.1 Å². The highest BCUT2D eigenvalue weighted by Crippen LogP contribution is 2.20. The SMILES string of the molecule is CCN(CC)S(=O)(=O)c1ccc(C(=O)Oc2ccccc2C#N)cc1. The summed E-state index contributed by atoms with van der Waals surface area (Å²) < 4.78 is 31.4. The lowest BCUT2D eigenvalue weighted by atomic mass is 10.2. The van der Waals surface area contributed by atoms with Crippen molar-refractivity contribution >= 4 is 16.0 Å². The second-order valence-corrected chi connectivity index (χ2v) is 7.05. The molecule has 0 saturated carbocycles. The maximum absolute atomic E-state index is 12.4. The first-order chi connectivity index (χ1) is 11.9. The molecule has 25 heavy (non-hydrogen) atoms. The molecular formula is C18H18N2O4S. The number of nitrogens with zero attached hydrogens (tertiary/aromatic N) is 2. The molecule has 0 atom stereocenters. The van der Waals surface area contributed by atoms with E-state index in [2.05, 4.69) is 0 Å². The summed E-state index contributed by atoms with van der Waals surface area (Å²) in [6.07, 6.45) is 0. The lowest BCUT2D eigenvalue weighted by molar-refractivity contribution is 0.0734. The zero-order chi connectivity index (χ0) is 18.4. The van der Waals surface area contributed by atoms with Gasteiger partial charge in [0, 0.05) is 13.1 Å². The molecule has 130 valence electrons. The third-order valence-corrected chi connectivity index (χ3v) is 5.71. The van der Waals surface area contributed by atoms with Crippen LogP contribution in [0, 0.1) is 11.3 Å². The number of ether oxygens (including phenoxy) is 1. The van der Waals surface area contributed by atoms with Crippen molar-refractivity contribution in [1.82, 2.24) is 4.31 Å². The minimum atomic E-state index is -3.58. The molecule has 7 heteroatoms. The number of nitriles is 1. The van der Waals surface area contributed by atoms with Crippen molar-refractivity contribution in [3.63, 3.8) is 0 Å². The topological polar surface area (TPSA) is 87.5 Å². The molecule has 0 heterocycles. The van der Waals surface area contributed by atoms with Crippen molar-refractivity contribution in [2.75, 3.05) is 13.1 Å². The smallest absolute Gasteiger partial charge is 0.343 e. The van der Waals surface area contributed by atoms with Gasteiger partial charge >= 0.3 is 5.97 Å². The number of carbonyl (C=O) groups is 1. The molecular weight excluding hydrogens is 340 g/mol. The fourth-order valence-electron chi connectivity index (χ4n) is 2.28. The highest BCUT2D eigenvalue weighted by Gasteiger charge is 2.22. The van der Waals surface area contributed by atoms with Crippen LogP contribution in [0.4, 0.5) is 0 Å². The standard InChI is InChI=1S/C18H18N2O4S/c1-3-20(4-2)25(22,23)16-11-9-14(10-12-16)18(21)24-17-8-6-5-7-15(17)13-19/h5-12H,3-4H2,1-2H3. The highest BCUT2D eigenvalue weighted by molar-refractivity contribution is 7.89. The van der Waals surface area contributed by atoms with Gasteiger partial charge in [-0.05, 0) is 36.4 Å². The third kappa shape index (κ3) is 4.05. The Morgan fingerprint density at radius 1 is 1.08 bits per heavy atom. The van der Waals surface area contributed by atoms with Crippen LogP contribution >= 0.6 is 0 Å². The summed E-state index contributed by atoms with van der Waals surface area (Å²) in [6.45, 7) is 4.26. The van der Waals surface area contributed by atoms with Gasteiger partial charge in [-0.3, -0.25) is 0 Å². The van der Waals surface area contributed by atoms with Crippen molar-refractivity contribution in [1.29, 1.82) is 5.26 Å². The van der Waals surface area contributed by atoms with Gasteiger partial charge in [-0.2, -0.15) is 9.57 Å². The lowest BCUT2D eigenvalue weighted by Crippen LogP contribution is -2.30. The zero-order valence-corrected chi connectivity index (χ0v) is 14.8. The van der Waals surface area contributed by atoms with E-state index in [4.69, 9.17) is 10.00 Å². The van der Waals surface area contributed by atoms with Crippen LogP contribution in [-0.4, -0.2) is 31.8 Å². The number of rotatable bonds is 6. The van der Waals surface area contributed by atoms with Crippen LogP contribution in [-0.2, 0) is 10.0 Å². The van der Waals surface area contributed by atoms with E-state index in [9.17, 15) is 13.2 Å². The molecule has 0 fully saturated rings. The highest BCUT2D eigenvalue weighted by atomic mass is 32.2. The molecule has 0 saturated heterocycles. The number of para-hydroxylation sites is 1. The first-order valence-corrected chi connectivity index (χ1v) is 9.19. The summed E-state index contributed by atoms with van der Waals surface area (Å²) in [6, 6.07) is 13.9. The van der Waals surface area contributed by atoms with E-state index in [1.54, 1.807) is 32.0 Å². The summed E-state index contributed by atoms with van der Waals surface area (Å²) >= 11 is 0. The molecule has 2 rings (SSSR count). The third-order valence-electron chi connectivity index (χ3n) is 3.64. The van der Waals surface area contributed by atoms with Crippen molar-refractivity contribution in [3.8, 4) is 11.8 Å². The summed E-state index contributed by atoms with van der Waals surface area (Å²) in [7, 11) is -3.58. The number of sulfonamides is 1. The molecule has 0 aromatic heterocycles. The van der Waals surface area contributed by atoms with E-state index >= 15 is 0 Å². The zero-order valence-electron chi connectivity index (χ0n) is 14.0. The Morgan fingerprint density at radius 3 is 2.24 bits per heavy atom. The number of benzene rings is 2. The summed E-state index contributed by atoms with van der Waals surface area (Å²) in [5.74, 6) is -0.496. The van der Waals surface area contributed by atoms with Gasteiger partial charge in [0.05, 0.1) is 16.0 Å². The molecule has 0 spiro atoms. The average Bonchev–Trinajstić information content (AvgIpc) is 2.63. The van der Waals surface area contributed by atoms with Gasteiger partial charge in [-0.1, -0.05) is 26.0 Å². The van der Waals surface area contributed by atoms with E-state index in [0.717, 1.165) is 0 Å². The minimum Gasteiger partial charge on any atom is -0.422 e. The lowest BCUT2D eigenvalue weighted by Gasteiger charge is -2.18. The van der Waals surface area contributed by atoms with Gasteiger partial charge in [0.2, 0.25) is 10.0 Å². The Balaban J connectivity index is 2.23. The average molecular weight is 358 g/mol. The molecule has 0 radical (unpaired) electrons. The van der Waals surface area contributed by atoms with E-state index < -0.39 is 16.0 Å². The van der Waals surface area contributed by atoms with Crippen molar-refractivity contribution in [2.45, 2.75) is 18.7 Å². The van der Waals surface area contributed by atoms with Gasteiger partial charge in [0.25, 0.3) is 0 Å². The Kier molecular flexibility index (Phi) is 5.91. The number of hydrogen-bond acceptors (Lipinski definition) is 5. The molecule has 6 nitrogen and oxygen atoms in total. The van der Waals surface area contributed by atoms with E-state index in [1.165, 1.54) is 34.6 Å². The van der Waals surface area contributed by atoms with Crippen molar-refractivity contribution in [2.24, 2.45) is 0 Å². The van der Waals surface area contributed by atoms with Crippen molar-refractivity contribution in [3.05, 3.63) is 59.7 Å². The maximum Gasteiger partial charge on any atom is 0.343 e. The monoisotopic (exact) mass is 358 g/mol. The van der Waals surface area contributed by atoms with E-state index in [1.807, 2.05) is 6.07 Å². The minimum absolute atomic E-state index is 0.116. The molecule has 0 aliphatic heterocycles. The normalized spacial score (nSPS) is 11.1. The Morgan fingerprint density at radius 2 is 1.68 bits per heavy atom. The van der Waals surface area contributed by atoms with Gasteiger partial charge in [-0.15, -0.1) is 0 Å². The largest absolute Gasteiger partial charge is 0.422 e. The van der Waals surface area contributed by atoms with Crippen LogP contribution in [0.5, 0.6) is 5.75 Å². The molecule has 0 aliphatic rings. The van der Waals surface area contributed by atoms with Crippen molar-refractivity contribution < 1.29 is 17.9 Å². The summed E-state index contributed by atoms with van der Waals surface area (Å²) in [4.78, 5) is 12.3. The number of carbonyl (C=O) groups excluding carboxylic acids is 1. The van der Waals surface area contributed by atoms with Crippen LogP contribution in [0.1, 0.15) is 29.8 Å². The Bertz CT molecular complexity index is 895. The van der Waals surface area contributed by atoms with Gasteiger partial charge in [0.15, 0.2) is 0 Å². The maximum atomic E-state index is 12.4. The molecule has 0 N–H and O–H groups in total. The first-order valence-electron chi connectivity index (χ1n) is 7.75. The predicted octanol–water partition coefficient (Wildman–Crippen LogP) is 2.81. The van der Waals surface area contributed by atoms with Crippen LogP contribution in [0.3, 0.4) is 0 Å². The quantitative estimate of drug-likeness (QED) is 0.585. The van der Waals surface area contributed by atoms with Gasteiger partial charge in [0.1, 0.15) is 11.8 Å².